The Bertz CT molecular complexity index is 880. The molecule has 0 spiro atoms. The van der Waals surface area contributed by atoms with Crippen LogP contribution in [-0.4, -0.2) is 67.5 Å². The number of ether oxygens (including phenoxy) is 2. The van der Waals surface area contributed by atoms with E-state index in [2.05, 4.69) is 34.5 Å². The van der Waals surface area contributed by atoms with Crippen molar-refractivity contribution in [3.63, 3.8) is 0 Å². The number of nitrogens with zero attached hydrogens (tertiary/aromatic N) is 2. The number of nitrogens with one attached hydrogen (secondary N) is 1. The third kappa shape index (κ3) is 7.09. The lowest BCUT2D eigenvalue weighted by atomic mass is 10.0. The van der Waals surface area contributed by atoms with Gasteiger partial charge in [-0.1, -0.05) is 36.4 Å². The smallest absolute Gasteiger partial charge is 0.244 e. The summed E-state index contributed by atoms with van der Waals surface area (Å²) >= 11 is 0. The van der Waals surface area contributed by atoms with Crippen molar-refractivity contribution in [3.05, 3.63) is 65.7 Å². The fourth-order valence-electron chi connectivity index (χ4n) is 3.88. The largest absolute Gasteiger partial charge is 0.493 e. The van der Waals surface area contributed by atoms with Gasteiger partial charge in [0.1, 0.15) is 0 Å². The molecule has 32 heavy (non-hydrogen) atoms. The number of carbonyl (C=O) groups excluding carboxylic acids is 1. The van der Waals surface area contributed by atoms with Crippen molar-refractivity contribution < 1.29 is 19.5 Å². The van der Waals surface area contributed by atoms with Crippen molar-refractivity contribution in [2.45, 2.75) is 25.4 Å². The zero-order chi connectivity index (χ0) is 22.8. The predicted molar refractivity (Wildman–Crippen MR) is 125 cm³/mol. The number of carbonyl (C=O) groups is 1. The van der Waals surface area contributed by atoms with Crippen molar-refractivity contribution in [2.24, 2.45) is 0 Å². The molecule has 0 radical (unpaired) electrons. The minimum absolute atomic E-state index is 0.126. The van der Waals surface area contributed by atoms with E-state index in [0.29, 0.717) is 24.6 Å². The molecule has 0 atom stereocenters. The van der Waals surface area contributed by atoms with E-state index in [1.165, 1.54) is 16.7 Å². The molecule has 1 fully saturated rings. The molecule has 7 heteroatoms. The highest BCUT2D eigenvalue weighted by molar-refractivity contribution is 5.91. The Kier molecular flexibility index (Phi) is 9.10. The quantitative estimate of drug-likeness (QED) is 0.438. The second kappa shape index (κ2) is 12.2. The first-order chi connectivity index (χ1) is 15.6. The Morgan fingerprint density at radius 2 is 1.84 bits per heavy atom. The van der Waals surface area contributed by atoms with E-state index in [1.807, 2.05) is 18.2 Å². The van der Waals surface area contributed by atoms with Gasteiger partial charge in [-0.15, -0.1) is 0 Å². The second-order valence-corrected chi connectivity index (χ2v) is 7.89. The van der Waals surface area contributed by atoms with Crippen LogP contribution in [0.4, 0.5) is 0 Å². The summed E-state index contributed by atoms with van der Waals surface area (Å²) in [7, 11) is 3.16. The van der Waals surface area contributed by atoms with Gasteiger partial charge in [0.2, 0.25) is 5.91 Å². The molecule has 1 aliphatic rings. The van der Waals surface area contributed by atoms with E-state index in [9.17, 15) is 10.0 Å². The first kappa shape index (κ1) is 23.8. The molecule has 0 bridgehead atoms. The van der Waals surface area contributed by atoms with E-state index in [-0.39, 0.29) is 11.9 Å². The van der Waals surface area contributed by atoms with Crippen molar-refractivity contribution >= 4 is 12.0 Å². The molecule has 0 unspecified atom stereocenters. The van der Waals surface area contributed by atoms with Crippen LogP contribution in [0.5, 0.6) is 11.5 Å². The Balaban J connectivity index is 1.36. The van der Waals surface area contributed by atoms with Gasteiger partial charge in [0.25, 0.3) is 0 Å². The third-order valence-electron chi connectivity index (χ3n) is 5.70. The van der Waals surface area contributed by atoms with Crippen molar-refractivity contribution in [1.29, 1.82) is 0 Å². The van der Waals surface area contributed by atoms with Crippen LogP contribution in [0.1, 0.15) is 24.0 Å². The third-order valence-corrected chi connectivity index (χ3v) is 5.70. The molecule has 1 amide bonds. The van der Waals surface area contributed by atoms with Crippen LogP contribution in [0, 0.1) is 0 Å². The monoisotopic (exact) mass is 439 g/mol. The summed E-state index contributed by atoms with van der Waals surface area (Å²) in [6, 6.07) is 16.0. The van der Waals surface area contributed by atoms with Crippen LogP contribution in [0.25, 0.3) is 6.08 Å². The van der Waals surface area contributed by atoms with Crippen LogP contribution in [0.15, 0.2) is 54.6 Å². The number of benzene rings is 2. The Hall–Kier alpha value is -2.87. The highest BCUT2D eigenvalue weighted by Crippen LogP contribution is 2.27. The van der Waals surface area contributed by atoms with Crippen LogP contribution in [0.3, 0.4) is 0 Å². The molecule has 7 nitrogen and oxygen atoms in total. The summed E-state index contributed by atoms with van der Waals surface area (Å²) in [4.78, 5) is 14.5. The summed E-state index contributed by atoms with van der Waals surface area (Å²) < 4.78 is 10.5. The Labute approximate surface area is 190 Å². The van der Waals surface area contributed by atoms with E-state index in [1.54, 1.807) is 26.4 Å². The molecule has 2 aromatic carbocycles. The minimum atomic E-state index is -0.203. The average molecular weight is 440 g/mol. The van der Waals surface area contributed by atoms with Crippen LogP contribution in [0.2, 0.25) is 0 Å². The summed E-state index contributed by atoms with van der Waals surface area (Å²) in [5.74, 6) is 1.05. The lowest BCUT2D eigenvalue weighted by Crippen LogP contribution is -2.45. The van der Waals surface area contributed by atoms with Gasteiger partial charge in [0, 0.05) is 44.8 Å². The van der Waals surface area contributed by atoms with Gasteiger partial charge in [-0.3, -0.25) is 9.69 Å². The second-order valence-electron chi connectivity index (χ2n) is 7.89. The molecule has 0 aromatic heterocycles. The number of piperidine rings is 1. The number of amides is 1. The molecule has 1 aliphatic heterocycles. The molecular formula is C25H33N3O4. The van der Waals surface area contributed by atoms with E-state index >= 15 is 0 Å². The molecular weight excluding hydrogens is 406 g/mol. The van der Waals surface area contributed by atoms with E-state index in [0.717, 1.165) is 38.0 Å². The highest BCUT2D eigenvalue weighted by Gasteiger charge is 2.23. The zero-order valence-electron chi connectivity index (χ0n) is 18.9. The first-order valence-electron chi connectivity index (χ1n) is 11.0. The Morgan fingerprint density at radius 1 is 1.12 bits per heavy atom. The topological polar surface area (TPSA) is 74.3 Å². The predicted octanol–water partition coefficient (Wildman–Crippen LogP) is 3.19. The van der Waals surface area contributed by atoms with Gasteiger partial charge < -0.3 is 20.0 Å². The molecule has 3 rings (SSSR count). The first-order valence-corrected chi connectivity index (χ1v) is 11.0. The molecule has 2 aromatic rings. The number of likely N-dealkylation sites (tertiary alicyclic amines) is 1. The molecule has 1 saturated heterocycles. The molecule has 1 heterocycles. The van der Waals surface area contributed by atoms with Gasteiger partial charge in [-0.05, 0) is 42.2 Å². The average Bonchev–Trinajstić information content (AvgIpc) is 2.83. The number of hydroxylamine groups is 2. The highest BCUT2D eigenvalue weighted by atomic mass is 16.5. The number of methoxy groups -OCH3 is 2. The molecule has 0 aliphatic carbocycles. The number of rotatable bonds is 10. The van der Waals surface area contributed by atoms with Gasteiger partial charge in [-0.25, -0.2) is 0 Å². The fraction of sp³-hybridized carbons (Fsp3) is 0.400. The van der Waals surface area contributed by atoms with Gasteiger partial charge in [0.05, 0.1) is 14.2 Å². The van der Waals surface area contributed by atoms with Crippen LogP contribution in [-0.2, 0) is 11.3 Å². The lowest BCUT2D eigenvalue weighted by Gasteiger charge is -2.35. The summed E-state index contributed by atoms with van der Waals surface area (Å²) in [5, 5.41) is 14.6. The number of hydrogen-bond acceptors (Lipinski definition) is 6. The number of hydrogen-bond donors (Lipinski definition) is 2. The van der Waals surface area contributed by atoms with Gasteiger partial charge in [0.15, 0.2) is 11.5 Å². The van der Waals surface area contributed by atoms with Crippen molar-refractivity contribution in [2.75, 3.05) is 40.4 Å². The van der Waals surface area contributed by atoms with Crippen molar-refractivity contribution in [3.8, 4) is 11.5 Å². The molecule has 2 N–H and O–H groups in total. The van der Waals surface area contributed by atoms with Gasteiger partial charge >= 0.3 is 0 Å². The normalized spacial score (nSPS) is 15.2. The maximum atomic E-state index is 12.1. The van der Waals surface area contributed by atoms with E-state index < -0.39 is 0 Å². The standard InChI is InChI=1S/C25H33N3O4/c1-31-23-10-8-20(18-24(23)32-2)9-11-25(29)26-14-17-28(30)22-12-15-27(16-13-22)19-21-6-4-3-5-7-21/h3-11,18,22,30H,12-17,19H2,1-2H3,(H,26,29). The Morgan fingerprint density at radius 3 is 2.53 bits per heavy atom. The lowest BCUT2D eigenvalue weighted by molar-refractivity contribution is -0.139. The maximum Gasteiger partial charge on any atom is 0.244 e. The molecule has 172 valence electrons. The minimum Gasteiger partial charge on any atom is -0.493 e. The van der Waals surface area contributed by atoms with Gasteiger partial charge in [-0.2, -0.15) is 5.06 Å². The summed E-state index contributed by atoms with van der Waals surface area (Å²) in [6.07, 6.45) is 5.02. The fourth-order valence-corrected chi connectivity index (χ4v) is 3.88. The molecule has 0 saturated carbocycles. The summed E-state index contributed by atoms with van der Waals surface area (Å²) in [5.41, 5.74) is 2.15. The van der Waals surface area contributed by atoms with E-state index in [4.69, 9.17) is 9.47 Å². The SMILES string of the molecule is COc1ccc(C=CC(=O)NCCN(O)C2CCN(Cc3ccccc3)CC2)cc1OC. The summed E-state index contributed by atoms with van der Waals surface area (Å²) in [6.45, 7) is 3.64. The van der Waals surface area contributed by atoms with Crippen molar-refractivity contribution in [1.82, 2.24) is 15.3 Å². The van der Waals surface area contributed by atoms with Crippen LogP contribution >= 0.6 is 0 Å². The van der Waals surface area contributed by atoms with Crippen LogP contribution < -0.4 is 14.8 Å². The maximum absolute atomic E-state index is 12.1. The zero-order valence-corrected chi connectivity index (χ0v) is 18.9.